The van der Waals surface area contributed by atoms with Crippen LogP contribution in [0.15, 0.2) is 24.9 Å². The minimum absolute atomic E-state index is 0.510. The Morgan fingerprint density at radius 2 is 2.41 bits per heavy atom. The summed E-state index contributed by atoms with van der Waals surface area (Å²) < 4.78 is 5.49. The van der Waals surface area contributed by atoms with Crippen LogP contribution >= 0.6 is 11.6 Å². The molecule has 0 saturated carbocycles. The second-order valence-corrected chi connectivity index (χ2v) is 4.10. The molecule has 1 N–H and O–H groups in total. The van der Waals surface area contributed by atoms with Crippen molar-refractivity contribution in [2.24, 2.45) is 0 Å². The molecule has 0 radical (unpaired) electrons. The monoisotopic (exact) mass is 254 g/mol. The van der Waals surface area contributed by atoms with E-state index in [1.54, 1.807) is 6.20 Å². The first-order valence-corrected chi connectivity index (χ1v) is 6.24. The molecule has 1 aromatic heterocycles. The molecule has 0 aliphatic rings. The number of nitrogens with one attached hydrogen (secondary N) is 1. The number of hydrogen-bond acceptors (Lipinski definition) is 3. The van der Waals surface area contributed by atoms with Crippen molar-refractivity contribution in [3.63, 3.8) is 0 Å². The van der Waals surface area contributed by atoms with Crippen LogP contribution in [0.25, 0.3) is 0 Å². The van der Waals surface area contributed by atoms with Crippen LogP contribution < -0.4 is 10.1 Å². The lowest BCUT2D eigenvalue weighted by Crippen LogP contribution is -2.12. The van der Waals surface area contributed by atoms with E-state index in [-0.39, 0.29) is 0 Å². The molecule has 0 bridgehead atoms. The van der Waals surface area contributed by atoms with E-state index in [1.165, 1.54) is 0 Å². The van der Waals surface area contributed by atoms with Crippen molar-refractivity contribution in [1.82, 2.24) is 10.3 Å². The largest absolute Gasteiger partial charge is 0.477 e. The van der Waals surface area contributed by atoms with Gasteiger partial charge in [0.15, 0.2) is 0 Å². The number of aromatic nitrogens is 1. The first-order chi connectivity index (χ1) is 8.27. The Morgan fingerprint density at radius 1 is 1.59 bits per heavy atom. The summed E-state index contributed by atoms with van der Waals surface area (Å²) in [6, 6.07) is 1.89. The summed E-state index contributed by atoms with van der Waals surface area (Å²) in [4.78, 5) is 4.21. The van der Waals surface area contributed by atoms with Crippen molar-refractivity contribution in [1.29, 1.82) is 0 Å². The normalized spacial score (nSPS) is 10.2. The summed E-state index contributed by atoms with van der Waals surface area (Å²) in [5, 5.41) is 3.79. The predicted molar refractivity (Wildman–Crippen MR) is 71.6 cm³/mol. The molecule has 94 valence electrons. The molecule has 0 spiro atoms. The SMILES string of the molecule is C=CCCCOc1ncc(CNCC)cc1Cl. The van der Waals surface area contributed by atoms with Crippen molar-refractivity contribution in [3.05, 3.63) is 35.5 Å². The number of pyridine rings is 1. The van der Waals surface area contributed by atoms with Gasteiger partial charge in [-0.3, -0.25) is 0 Å². The van der Waals surface area contributed by atoms with Gasteiger partial charge in [-0.25, -0.2) is 4.98 Å². The van der Waals surface area contributed by atoms with Crippen LogP contribution in [0.5, 0.6) is 5.88 Å². The van der Waals surface area contributed by atoms with Gasteiger partial charge in [0.25, 0.3) is 0 Å². The fourth-order valence-corrected chi connectivity index (χ4v) is 1.58. The van der Waals surface area contributed by atoms with Crippen LogP contribution in [0, 0.1) is 0 Å². The lowest BCUT2D eigenvalue weighted by molar-refractivity contribution is 0.300. The van der Waals surface area contributed by atoms with E-state index in [2.05, 4.69) is 23.8 Å². The molecule has 0 saturated heterocycles. The third-order valence-electron chi connectivity index (χ3n) is 2.23. The number of hydrogen-bond donors (Lipinski definition) is 1. The lowest BCUT2D eigenvalue weighted by atomic mass is 10.3. The van der Waals surface area contributed by atoms with Gasteiger partial charge in [-0.1, -0.05) is 24.6 Å². The molecule has 1 rings (SSSR count). The van der Waals surface area contributed by atoms with Crippen molar-refractivity contribution in [2.45, 2.75) is 26.3 Å². The van der Waals surface area contributed by atoms with Gasteiger partial charge in [0.05, 0.1) is 6.61 Å². The second kappa shape index (κ2) is 8.09. The highest BCUT2D eigenvalue weighted by Crippen LogP contribution is 2.22. The molecule has 0 fully saturated rings. The molecule has 0 amide bonds. The van der Waals surface area contributed by atoms with Gasteiger partial charge in [0.1, 0.15) is 5.02 Å². The summed E-state index contributed by atoms with van der Waals surface area (Å²) in [6.45, 7) is 8.04. The second-order valence-electron chi connectivity index (χ2n) is 3.69. The zero-order valence-electron chi connectivity index (χ0n) is 10.2. The molecule has 0 atom stereocenters. The van der Waals surface area contributed by atoms with Crippen molar-refractivity contribution < 1.29 is 4.74 Å². The van der Waals surface area contributed by atoms with Crippen molar-refractivity contribution >= 4 is 11.6 Å². The molecule has 0 aromatic carbocycles. The van der Waals surface area contributed by atoms with Gasteiger partial charge in [-0.2, -0.15) is 0 Å². The Hall–Kier alpha value is -1.06. The smallest absolute Gasteiger partial charge is 0.232 e. The highest BCUT2D eigenvalue weighted by Gasteiger charge is 2.04. The maximum Gasteiger partial charge on any atom is 0.232 e. The summed E-state index contributed by atoms with van der Waals surface area (Å²) in [5.41, 5.74) is 1.07. The van der Waals surface area contributed by atoms with E-state index in [1.807, 2.05) is 12.1 Å². The molecule has 0 aliphatic carbocycles. The number of allylic oxidation sites excluding steroid dienone is 1. The van der Waals surface area contributed by atoms with Gasteiger partial charge >= 0.3 is 0 Å². The fourth-order valence-electron chi connectivity index (χ4n) is 1.33. The highest BCUT2D eigenvalue weighted by molar-refractivity contribution is 6.31. The topological polar surface area (TPSA) is 34.1 Å². The Bertz CT molecular complexity index is 355. The molecule has 3 nitrogen and oxygen atoms in total. The Kier molecular flexibility index (Phi) is 6.67. The number of ether oxygens (including phenoxy) is 1. The maximum absolute atomic E-state index is 6.09. The average Bonchev–Trinajstić information content (AvgIpc) is 2.34. The number of halogens is 1. The predicted octanol–water partition coefficient (Wildman–Crippen LogP) is 3.19. The van der Waals surface area contributed by atoms with Crippen LogP contribution in [0.1, 0.15) is 25.3 Å². The Balaban J connectivity index is 2.47. The Labute approximate surface area is 108 Å². The summed E-state index contributed by atoms with van der Waals surface area (Å²) in [7, 11) is 0. The standard InChI is InChI=1S/C13H19ClN2O/c1-3-5-6-7-17-13-12(14)8-11(10-16-13)9-15-4-2/h3,8,10,15H,1,4-7,9H2,2H3. The van der Waals surface area contributed by atoms with Gasteiger partial charge in [-0.05, 0) is 31.0 Å². The van der Waals surface area contributed by atoms with Crippen LogP contribution in [0.4, 0.5) is 0 Å². The molecule has 4 heteroatoms. The third-order valence-corrected chi connectivity index (χ3v) is 2.51. The third kappa shape index (κ3) is 5.20. The van der Waals surface area contributed by atoms with Crippen LogP contribution in [0.3, 0.4) is 0 Å². The number of nitrogens with zero attached hydrogens (tertiary/aromatic N) is 1. The van der Waals surface area contributed by atoms with E-state index < -0.39 is 0 Å². The van der Waals surface area contributed by atoms with Crippen LogP contribution in [0.2, 0.25) is 5.02 Å². The zero-order chi connectivity index (χ0) is 12.5. The summed E-state index contributed by atoms with van der Waals surface area (Å²) in [6.07, 6.45) is 5.53. The fraction of sp³-hybridized carbons (Fsp3) is 0.462. The minimum atomic E-state index is 0.510. The summed E-state index contributed by atoms with van der Waals surface area (Å²) in [5.74, 6) is 0.510. The molecule has 1 aromatic rings. The maximum atomic E-state index is 6.09. The van der Waals surface area contributed by atoms with Gasteiger partial charge in [0.2, 0.25) is 5.88 Å². The van der Waals surface area contributed by atoms with E-state index in [4.69, 9.17) is 16.3 Å². The van der Waals surface area contributed by atoms with Gasteiger partial charge in [0, 0.05) is 12.7 Å². The van der Waals surface area contributed by atoms with E-state index in [0.717, 1.165) is 31.5 Å². The van der Waals surface area contributed by atoms with Crippen LogP contribution in [-0.4, -0.2) is 18.1 Å². The first-order valence-electron chi connectivity index (χ1n) is 5.86. The average molecular weight is 255 g/mol. The Morgan fingerprint density at radius 3 is 3.06 bits per heavy atom. The molecule has 17 heavy (non-hydrogen) atoms. The van der Waals surface area contributed by atoms with Gasteiger partial charge in [-0.15, -0.1) is 6.58 Å². The van der Waals surface area contributed by atoms with E-state index in [9.17, 15) is 0 Å². The molecular formula is C13H19ClN2O. The van der Waals surface area contributed by atoms with Crippen molar-refractivity contribution in [3.8, 4) is 5.88 Å². The first kappa shape index (κ1) is 14.0. The molecule has 0 unspecified atom stereocenters. The van der Waals surface area contributed by atoms with Crippen molar-refractivity contribution in [2.75, 3.05) is 13.2 Å². The molecule has 0 aliphatic heterocycles. The highest BCUT2D eigenvalue weighted by atomic mass is 35.5. The number of unbranched alkanes of at least 4 members (excludes halogenated alkanes) is 1. The zero-order valence-corrected chi connectivity index (χ0v) is 11.0. The summed E-state index contributed by atoms with van der Waals surface area (Å²) >= 11 is 6.09. The van der Waals surface area contributed by atoms with E-state index in [0.29, 0.717) is 17.5 Å². The lowest BCUT2D eigenvalue weighted by Gasteiger charge is -2.08. The quantitative estimate of drug-likeness (QED) is 0.572. The van der Waals surface area contributed by atoms with Crippen LogP contribution in [-0.2, 0) is 6.54 Å². The van der Waals surface area contributed by atoms with E-state index >= 15 is 0 Å². The van der Waals surface area contributed by atoms with Gasteiger partial charge < -0.3 is 10.1 Å². The molecule has 1 heterocycles. The minimum Gasteiger partial charge on any atom is -0.477 e. The number of rotatable bonds is 8. The molecular weight excluding hydrogens is 236 g/mol.